The summed E-state index contributed by atoms with van der Waals surface area (Å²) in [4.78, 5) is 17.9. The normalized spacial score (nSPS) is 10.2. The van der Waals surface area contributed by atoms with Crippen LogP contribution in [-0.4, -0.2) is 16.3 Å². The second-order valence-corrected chi connectivity index (χ2v) is 2.01. The molecule has 0 saturated carbocycles. The van der Waals surface area contributed by atoms with E-state index < -0.39 is 0 Å². The first-order chi connectivity index (χ1) is 5.40. The molecule has 0 aromatic carbocycles. The Bertz CT molecular complexity index is 361. The van der Waals surface area contributed by atoms with Crippen LogP contribution < -0.4 is 0 Å². The minimum absolute atomic E-state index is 0.0907. The van der Waals surface area contributed by atoms with Gasteiger partial charge in [0.05, 0.1) is 6.20 Å². The van der Waals surface area contributed by atoms with E-state index in [1.807, 2.05) is 0 Å². The molecule has 0 amide bonds. The summed E-state index contributed by atoms with van der Waals surface area (Å²) in [7, 11) is 0. The van der Waals surface area contributed by atoms with E-state index in [1.54, 1.807) is 18.5 Å². The molecule has 0 saturated heterocycles. The van der Waals surface area contributed by atoms with Gasteiger partial charge in [-0.3, -0.25) is 9.78 Å². The van der Waals surface area contributed by atoms with Gasteiger partial charge in [-0.05, 0) is 0 Å². The zero-order valence-electron chi connectivity index (χ0n) is 5.52. The lowest BCUT2D eigenvalue weighted by atomic mass is 10.4. The molecule has 0 fully saturated rings. The van der Waals surface area contributed by atoms with Gasteiger partial charge in [0.1, 0.15) is 5.52 Å². The topological polar surface area (TPSA) is 56.0 Å². The number of nitrogens with zero attached hydrogens (tertiary/aromatic N) is 2. The van der Waals surface area contributed by atoms with Gasteiger partial charge in [-0.2, -0.15) is 0 Å². The summed E-state index contributed by atoms with van der Waals surface area (Å²) in [5.74, 6) is 0.0907. The van der Waals surface area contributed by atoms with Gasteiger partial charge in [0.25, 0.3) is 5.89 Å². The van der Waals surface area contributed by atoms with E-state index in [0.717, 1.165) is 0 Å². The summed E-state index contributed by atoms with van der Waals surface area (Å²) in [6.07, 6.45) is 3.70. The zero-order valence-corrected chi connectivity index (χ0v) is 5.52. The van der Waals surface area contributed by atoms with E-state index in [2.05, 4.69) is 9.97 Å². The number of fused-ring (bicyclic) bond motifs is 1. The molecule has 2 rings (SSSR count). The first-order valence-corrected chi connectivity index (χ1v) is 3.06. The Hall–Kier alpha value is -1.71. The lowest BCUT2D eigenvalue weighted by molar-refractivity contribution is 0.109. The molecule has 4 heteroatoms. The molecule has 0 aliphatic rings. The fourth-order valence-electron chi connectivity index (χ4n) is 0.848. The molecule has 2 heterocycles. The average Bonchev–Trinajstić information content (AvgIpc) is 2.46. The summed E-state index contributed by atoms with van der Waals surface area (Å²) in [6, 6.07) is 1.66. The van der Waals surface area contributed by atoms with Crippen molar-refractivity contribution in [3.63, 3.8) is 0 Å². The smallest absolute Gasteiger partial charge is 0.260 e. The predicted molar refractivity (Wildman–Crippen MR) is 37.2 cm³/mol. The molecule has 0 N–H and O–H groups in total. The number of rotatable bonds is 1. The quantitative estimate of drug-likeness (QED) is 0.567. The van der Waals surface area contributed by atoms with Crippen molar-refractivity contribution in [2.24, 2.45) is 0 Å². The van der Waals surface area contributed by atoms with E-state index in [0.29, 0.717) is 17.4 Å². The molecule has 0 radical (unpaired) electrons. The largest absolute Gasteiger partial charge is 0.434 e. The SMILES string of the molecule is O=Cc1nc2cnccc2o1. The summed E-state index contributed by atoms with van der Waals surface area (Å²) in [6.45, 7) is 0. The Labute approximate surface area is 61.9 Å². The van der Waals surface area contributed by atoms with E-state index in [4.69, 9.17) is 4.42 Å². The number of pyridine rings is 1. The first kappa shape index (κ1) is 6.03. The van der Waals surface area contributed by atoms with E-state index in [9.17, 15) is 4.79 Å². The van der Waals surface area contributed by atoms with Crippen molar-refractivity contribution in [2.75, 3.05) is 0 Å². The number of hydrogen-bond acceptors (Lipinski definition) is 4. The standard InChI is InChI=1S/C7H4N2O2/c10-4-7-9-5-3-8-2-1-6(5)11-7/h1-4H. The van der Waals surface area contributed by atoms with E-state index >= 15 is 0 Å². The highest BCUT2D eigenvalue weighted by Crippen LogP contribution is 2.11. The van der Waals surface area contributed by atoms with Crippen LogP contribution >= 0.6 is 0 Å². The van der Waals surface area contributed by atoms with Crippen LogP contribution in [0.15, 0.2) is 22.9 Å². The molecule has 0 atom stereocenters. The van der Waals surface area contributed by atoms with Crippen molar-refractivity contribution >= 4 is 17.4 Å². The highest BCUT2D eigenvalue weighted by molar-refractivity contribution is 5.77. The maximum atomic E-state index is 10.2. The molecule has 54 valence electrons. The van der Waals surface area contributed by atoms with Crippen molar-refractivity contribution < 1.29 is 9.21 Å². The summed E-state index contributed by atoms with van der Waals surface area (Å²) in [5.41, 5.74) is 1.19. The monoisotopic (exact) mass is 148 g/mol. The minimum atomic E-state index is 0.0907. The van der Waals surface area contributed by atoms with Crippen LogP contribution in [0, 0.1) is 0 Å². The Morgan fingerprint density at radius 2 is 2.45 bits per heavy atom. The number of carbonyl (C=O) groups is 1. The van der Waals surface area contributed by atoms with Gasteiger partial charge in [-0.1, -0.05) is 0 Å². The van der Waals surface area contributed by atoms with Gasteiger partial charge < -0.3 is 4.42 Å². The first-order valence-electron chi connectivity index (χ1n) is 3.06. The van der Waals surface area contributed by atoms with Crippen molar-refractivity contribution in [2.45, 2.75) is 0 Å². The van der Waals surface area contributed by atoms with Gasteiger partial charge >= 0.3 is 0 Å². The Balaban J connectivity index is 2.78. The number of carbonyl (C=O) groups excluding carboxylic acids is 1. The molecule has 2 aromatic heterocycles. The van der Waals surface area contributed by atoms with Crippen molar-refractivity contribution in [1.29, 1.82) is 0 Å². The van der Waals surface area contributed by atoms with Crippen molar-refractivity contribution in [1.82, 2.24) is 9.97 Å². The molecule has 4 nitrogen and oxygen atoms in total. The highest BCUT2D eigenvalue weighted by Gasteiger charge is 2.01. The molecule has 2 aromatic rings. The number of hydrogen-bond donors (Lipinski definition) is 0. The zero-order chi connectivity index (χ0) is 7.68. The van der Waals surface area contributed by atoms with Crippen LogP contribution in [0.25, 0.3) is 11.1 Å². The predicted octanol–water partition coefficient (Wildman–Crippen LogP) is 1.04. The fourth-order valence-corrected chi connectivity index (χ4v) is 0.848. The molecule has 0 bridgehead atoms. The number of aromatic nitrogens is 2. The minimum Gasteiger partial charge on any atom is -0.434 e. The van der Waals surface area contributed by atoms with Gasteiger partial charge in [-0.25, -0.2) is 4.98 Å². The third-order valence-corrected chi connectivity index (χ3v) is 1.31. The summed E-state index contributed by atoms with van der Waals surface area (Å²) in [5, 5.41) is 0. The maximum absolute atomic E-state index is 10.2. The van der Waals surface area contributed by atoms with Gasteiger partial charge in [0, 0.05) is 12.3 Å². The van der Waals surface area contributed by atoms with Crippen molar-refractivity contribution in [3.8, 4) is 0 Å². The lowest BCUT2D eigenvalue weighted by Crippen LogP contribution is -1.74. The Morgan fingerprint density at radius 1 is 1.55 bits per heavy atom. The summed E-state index contributed by atoms with van der Waals surface area (Å²) >= 11 is 0. The van der Waals surface area contributed by atoms with Crippen LogP contribution in [0.3, 0.4) is 0 Å². The number of oxazole rings is 1. The summed E-state index contributed by atoms with van der Waals surface area (Å²) < 4.78 is 5.00. The van der Waals surface area contributed by atoms with Crippen LogP contribution in [0.1, 0.15) is 10.7 Å². The van der Waals surface area contributed by atoms with Crippen LogP contribution in [0.4, 0.5) is 0 Å². The molecule has 0 spiro atoms. The molecular weight excluding hydrogens is 144 g/mol. The average molecular weight is 148 g/mol. The second-order valence-electron chi connectivity index (χ2n) is 2.01. The van der Waals surface area contributed by atoms with Crippen LogP contribution in [0.5, 0.6) is 0 Å². The number of aldehydes is 1. The Kier molecular flexibility index (Phi) is 1.18. The Morgan fingerprint density at radius 3 is 3.18 bits per heavy atom. The van der Waals surface area contributed by atoms with E-state index in [-0.39, 0.29) is 5.89 Å². The molecule has 0 aliphatic carbocycles. The maximum Gasteiger partial charge on any atom is 0.260 e. The second kappa shape index (κ2) is 2.16. The fraction of sp³-hybridized carbons (Fsp3) is 0. The molecular formula is C7H4N2O2. The lowest BCUT2D eigenvalue weighted by Gasteiger charge is -1.79. The van der Waals surface area contributed by atoms with E-state index in [1.165, 1.54) is 0 Å². The van der Waals surface area contributed by atoms with Gasteiger partial charge in [0.2, 0.25) is 6.29 Å². The molecule has 0 unspecified atom stereocenters. The third-order valence-electron chi connectivity index (χ3n) is 1.31. The van der Waals surface area contributed by atoms with Crippen LogP contribution in [0.2, 0.25) is 0 Å². The molecule has 11 heavy (non-hydrogen) atoms. The third kappa shape index (κ3) is 0.881. The van der Waals surface area contributed by atoms with Crippen LogP contribution in [-0.2, 0) is 0 Å². The molecule has 0 aliphatic heterocycles. The highest BCUT2D eigenvalue weighted by atomic mass is 16.4. The van der Waals surface area contributed by atoms with Crippen molar-refractivity contribution in [3.05, 3.63) is 24.4 Å². The van der Waals surface area contributed by atoms with Gasteiger partial charge in [-0.15, -0.1) is 0 Å². The van der Waals surface area contributed by atoms with Gasteiger partial charge in [0.15, 0.2) is 5.58 Å².